The summed E-state index contributed by atoms with van der Waals surface area (Å²) in [5.41, 5.74) is 7.65. The Morgan fingerprint density at radius 2 is 1.28 bits per heavy atom. The van der Waals surface area contributed by atoms with Crippen molar-refractivity contribution in [1.29, 1.82) is 0 Å². The Morgan fingerprint density at radius 1 is 0.720 bits per heavy atom. The first-order chi connectivity index (χ1) is 11.6. The van der Waals surface area contributed by atoms with E-state index in [1.165, 1.54) is 27.7 Å². The average Bonchev–Trinajstić information content (AvgIpc) is 3.01. The minimum absolute atomic E-state index is 0.125. The van der Waals surface area contributed by atoms with Gasteiger partial charge >= 0.3 is 0 Å². The highest BCUT2D eigenvalue weighted by Gasteiger charge is 2.20. The molecule has 2 heterocycles. The third-order valence-electron chi connectivity index (χ3n) is 5.25. The molecule has 0 aliphatic rings. The Morgan fingerprint density at radius 3 is 1.88 bits per heavy atom. The standard InChI is InChI=1S/C22H27N3/c1-21(2,3)14-8-10-16-18(12-14)25-19-13-15(22(4,5)6)9-11-17(19)24(7)20(25)23-16/h8-13H,1-7H3. The lowest BCUT2D eigenvalue weighted by molar-refractivity contribution is 0.591. The number of rotatable bonds is 0. The Hall–Kier alpha value is -2.29. The number of aryl methyl sites for hydroxylation is 1. The zero-order valence-corrected chi connectivity index (χ0v) is 16.3. The van der Waals surface area contributed by atoms with Crippen molar-refractivity contribution in [2.75, 3.05) is 0 Å². The summed E-state index contributed by atoms with van der Waals surface area (Å²) in [6, 6.07) is 13.5. The van der Waals surface area contributed by atoms with E-state index in [0.717, 1.165) is 11.3 Å². The zero-order chi connectivity index (χ0) is 18.1. The number of hydrogen-bond acceptors (Lipinski definition) is 1. The molecule has 0 saturated carbocycles. The molecule has 4 aromatic rings. The number of imidazole rings is 2. The van der Waals surface area contributed by atoms with Crippen LogP contribution in [0.15, 0.2) is 36.4 Å². The molecule has 4 rings (SSSR count). The van der Waals surface area contributed by atoms with Crippen LogP contribution in [0.25, 0.3) is 27.8 Å². The van der Waals surface area contributed by atoms with Gasteiger partial charge in [0.1, 0.15) is 0 Å². The first kappa shape index (κ1) is 16.2. The van der Waals surface area contributed by atoms with Crippen LogP contribution >= 0.6 is 0 Å². The van der Waals surface area contributed by atoms with Crippen LogP contribution in [0.5, 0.6) is 0 Å². The summed E-state index contributed by atoms with van der Waals surface area (Å²) in [5, 5.41) is 0. The summed E-state index contributed by atoms with van der Waals surface area (Å²) in [4.78, 5) is 4.89. The van der Waals surface area contributed by atoms with Crippen LogP contribution in [-0.2, 0) is 17.9 Å². The number of aromatic nitrogens is 3. The summed E-state index contributed by atoms with van der Waals surface area (Å²) in [7, 11) is 2.10. The smallest absolute Gasteiger partial charge is 0.215 e. The molecule has 0 amide bonds. The van der Waals surface area contributed by atoms with Crippen molar-refractivity contribution in [2.24, 2.45) is 7.05 Å². The Balaban J connectivity index is 2.14. The van der Waals surface area contributed by atoms with Crippen LogP contribution in [0.1, 0.15) is 52.7 Å². The summed E-state index contributed by atoms with van der Waals surface area (Å²) in [6.07, 6.45) is 0. The molecule has 0 spiro atoms. The lowest BCUT2D eigenvalue weighted by Crippen LogP contribution is -2.11. The molecule has 2 aromatic heterocycles. The largest absolute Gasteiger partial charge is 0.313 e. The fraction of sp³-hybridized carbons (Fsp3) is 0.409. The minimum Gasteiger partial charge on any atom is -0.313 e. The predicted molar refractivity (Wildman–Crippen MR) is 107 cm³/mol. The Labute approximate surface area is 149 Å². The van der Waals surface area contributed by atoms with Gasteiger partial charge in [0.15, 0.2) is 0 Å². The molecule has 2 aromatic carbocycles. The van der Waals surface area contributed by atoms with Crippen molar-refractivity contribution in [1.82, 2.24) is 14.0 Å². The number of hydrogen-bond donors (Lipinski definition) is 0. The Bertz CT molecular complexity index is 1110. The minimum atomic E-state index is 0.125. The van der Waals surface area contributed by atoms with E-state index in [4.69, 9.17) is 4.98 Å². The summed E-state index contributed by atoms with van der Waals surface area (Å²) >= 11 is 0. The molecule has 0 saturated heterocycles. The lowest BCUT2D eigenvalue weighted by atomic mass is 9.86. The predicted octanol–water partition coefficient (Wildman–Crippen LogP) is 5.57. The molecule has 130 valence electrons. The number of benzene rings is 2. The van der Waals surface area contributed by atoms with Crippen LogP contribution in [0, 0.1) is 0 Å². The maximum atomic E-state index is 4.89. The van der Waals surface area contributed by atoms with Gasteiger partial charge in [0.2, 0.25) is 5.78 Å². The number of nitrogens with zero attached hydrogens (tertiary/aromatic N) is 3. The average molecular weight is 333 g/mol. The van der Waals surface area contributed by atoms with Crippen molar-refractivity contribution >= 4 is 27.8 Å². The second-order valence-corrected chi connectivity index (χ2v) is 9.21. The first-order valence-corrected chi connectivity index (χ1v) is 8.99. The van der Waals surface area contributed by atoms with Crippen molar-refractivity contribution in [3.05, 3.63) is 47.5 Å². The zero-order valence-electron chi connectivity index (χ0n) is 16.3. The van der Waals surface area contributed by atoms with Gasteiger partial charge in [-0.2, -0.15) is 0 Å². The van der Waals surface area contributed by atoms with Gasteiger partial charge in [-0.3, -0.25) is 4.40 Å². The monoisotopic (exact) mass is 333 g/mol. The van der Waals surface area contributed by atoms with E-state index in [-0.39, 0.29) is 10.8 Å². The van der Waals surface area contributed by atoms with E-state index in [2.05, 4.69) is 94.0 Å². The van der Waals surface area contributed by atoms with Crippen LogP contribution in [0.3, 0.4) is 0 Å². The van der Waals surface area contributed by atoms with E-state index >= 15 is 0 Å². The van der Waals surface area contributed by atoms with Crippen molar-refractivity contribution in [2.45, 2.75) is 52.4 Å². The quantitative estimate of drug-likeness (QED) is 0.412. The van der Waals surface area contributed by atoms with E-state index in [9.17, 15) is 0 Å². The van der Waals surface area contributed by atoms with Gasteiger partial charge in [0.25, 0.3) is 0 Å². The van der Waals surface area contributed by atoms with Gasteiger partial charge in [-0.25, -0.2) is 4.98 Å². The van der Waals surface area contributed by atoms with Gasteiger partial charge in [-0.1, -0.05) is 53.7 Å². The summed E-state index contributed by atoms with van der Waals surface area (Å²) < 4.78 is 4.51. The van der Waals surface area contributed by atoms with Gasteiger partial charge in [0.05, 0.1) is 22.1 Å². The van der Waals surface area contributed by atoms with E-state index in [1.807, 2.05) is 0 Å². The molecule has 3 heteroatoms. The molecule has 0 atom stereocenters. The fourth-order valence-corrected chi connectivity index (χ4v) is 3.55. The van der Waals surface area contributed by atoms with E-state index in [0.29, 0.717) is 0 Å². The third-order valence-corrected chi connectivity index (χ3v) is 5.25. The second-order valence-electron chi connectivity index (χ2n) is 9.21. The molecule has 3 nitrogen and oxygen atoms in total. The van der Waals surface area contributed by atoms with Crippen LogP contribution < -0.4 is 0 Å². The normalized spacial score (nSPS) is 13.4. The van der Waals surface area contributed by atoms with Crippen molar-refractivity contribution < 1.29 is 0 Å². The maximum absolute atomic E-state index is 4.89. The summed E-state index contributed by atoms with van der Waals surface area (Å²) in [5.74, 6) is 1.00. The van der Waals surface area contributed by atoms with Crippen LogP contribution in [-0.4, -0.2) is 14.0 Å². The highest BCUT2D eigenvalue weighted by Crippen LogP contribution is 2.32. The lowest BCUT2D eigenvalue weighted by Gasteiger charge is -2.19. The van der Waals surface area contributed by atoms with Gasteiger partial charge < -0.3 is 4.57 Å². The SMILES string of the molecule is Cn1c2ccc(C(C)(C)C)cc2n2c3cc(C(C)(C)C)ccc3nc12. The second kappa shape index (κ2) is 4.87. The third kappa shape index (κ3) is 2.37. The molecule has 0 aliphatic carbocycles. The molecule has 0 unspecified atom stereocenters. The molecule has 0 bridgehead atoms. The van der Waals surface area contributed by atoms with Crippen molar-refractivity contribution in [3.63, 3.8) is 0 Å². The Kier molecular flexibility index (Phi) is 3.16. The van der Waals surface area contributed by atoms with E-state index in [1.54, 1.807) is 0 Å². The van der Waals surface area contributed by atoms with Gasteiger partial charge in [-0.05, 0) is 46.2 Å². The molecule has 0 radical (unpaired) electrons. The number of fused-ring (bicyclic) bond motifs is 5. The molecule has 25 heavy (non-hydrogen) atoms. The highest BCUT2D eigenvalue weighted by atomic mass is 15.2. The topological polar surface area (TPSA) is 22.2 Å². The fourth-order valence-electron chi connectivity index (χ4n) is 3.55. The van der Waals surface area contributed by atoms with Crippen LogP contribution in [0.4, 0.5) is 0 Å². The molecule has 0 aliphatic heterocycles. The molecular weight excluding hydrogens is 306 g/mol. The first-order valence-electron chi connectivity index (χ1n) is 8.99. The van der Waals surface area contributed by atoms with Crippen molar-refractivity contribution in [3.8, 4) is 0 Å². The molecular formula is C22H27N3. The van der Waals surface area contributed by atoms with Gasteiger partial charge in [-0.15, -0.1) is 0 Å². The van der Waals surface area contributed by atoms with Gasteiger partial charge in [0, 0.05) is 7.05 Å². The molecule has 0 fully saturated rings. The maximum Gasteiger partial charge on any atom is 0.215 e. The van der Waals surface area contributed by atoms with Crippen LogP contribution in [0.2, 0.25) is 0 Å². The highest BCUT2D eigenvalue weighted by molar-refractivity contribution is 5.91. The van der Waals surface area contributed by atoms with E-state index < -0.39 is 0 Å². The molecule has 0 N–H and O–H groups in total. The summed E-state index contributed by atoms with van der Waals surface area (Å²) in [6.45, 7) is 13.6.